The number of anilines is 1. The molecule has 0 spiro atoms. The number of aromatic hydroxyl groups is 1. The summed E-state index contributed by atoms with van der Waals surface area (Å²) in [7, 11) is 0. The predicted molar refractivity (Wildman–Crippen MR) is 93.0 cm³/mol. The lowest BCUT2D eigenvalue weighted by molar-refractivity contribution is -0.393. The van der Waals surface area contributed by atoms with Crippen molar-refractivity contribution in [2.24, 2.45) is 5.10 Å². The first-order valence-electron chi connectivity index (χ1n) is 7.39. The SMILES string of the molecule is CC/C(=N\Nc1ccc([N+](=O)[O-])cc1[N+](=O)[O-])c1cc(C)ccc1O. The molecular weight excluding hydrogens is 328 g/mol. The van der Waals surface area contributed by atoms with E-state index in [-0.39, 0.29) is 17.1 Å². The molecule has 130 valence electrons. The average Bonchev–Trinajstić information content (AvgIpc) is 2.58. The highest BCUT2D eigenvalue weighted by atomic mass is 16.6. The Morgan fingerprint density at radius 1 is 1.16 bits per heavy atom. The van der Waals surface area contributed by atoms with Crippen LogP contribution in [0.4, 0.5) is 17.1 Å². The van der Waals surface area contributed by atoms with E-state index in [1.165, 1.54) is 6.07 Å². The fourth-order valence-electron chi connectivity index (χ4n) is 2.22. The Balaban J connectivity index is 2.40. The maximum absolute atomic E-state index is 11.1. The van der Waals surface area contributed by atoms with E-state index in [9.17, 15) is 25.3 Å². The third-order valence-corrected chi connectivity index (χ3v) is 3.50. The number of nitro groups is 2. The Labute approximate surface area is 142 Å². The van der Waals surface area contributed by atoms with Gasteiger partial charge in [0, 0.05) is 11.6 Å². The van der Waals surface area contributed by atoms with E-state index in [4.69, 9.17) is 0 Å². The summed E-state index contributed by atoms with van der Waals surface area (Å²) < 4.78 is 0. The van der Waals surface area contributed by atoms with Crippen LogP contribution in [0.25, 0.3) is 0 Å². The van der Waals surface area contributed by atoms with Crippen molar-refractivity contribution >= 4 is 22.8 Å². The maximum Gasteiger partial charge on any atom is 0.301 e. The second-order valence-electron chi connectivity index (χ2n) is 5.26. The van der Waals surface area contributed by atoms with Crippen LogP contribution in [0, 0.1) is 27.2 Å². The minimum absolute atomic E-state index is 0.0219. The minimum atomic E-state index is -0.722. The second-order valence-corrected chi connectivity index (χ2v) is 5.26. The van der Waals surface area contributed by atoms with E-state index in [0.717, 1.165) is 17.7 Å². The van der Waals surface area contributed by atoms with Gasteiger partial charge in [0.25, 0.3) is 5.69 Å². The fourth-order valence-corrected chi connectivity index (χ4v) is 2.22. The number of hydrazone groups is 1. The number of hydrogen-bond donors (Lipinski definition) is 2. The summed E-state index contributed by atoms with van der Waals surface area (Å²) in [5, 5.41) is 36.0. The normalized spacial score (nSPS) is 11.2. The van der Waals surface area contributed by atoms with Gasteiger partial charge in [-0.1, -0.05) is 18.6 Å². The molecular formula is C16H16N4O5. The Bertz CT molecular complexity index is 864. The van der Waals surface area contributed by atoms with E-state index in [1.807, 2.05) is 13.8 Å². The highest BCUT2D eigenvalue weighted by Gasteiger charge is 2.19. The van der Waals surface area contributed by atoms with E-state index < -0.39 is 15.5 Å². The zero-order valence-electron chi connectivity index (χ0n) is 13.6. The number of nitrogens with zero attached hydrogens (tertiary/aromatic N) is 3. The van der Waals surface area contributed by atoms with Crippen LogP contribution in [-0.2, 0) is 0 Å². The van der Waals surface area contributed by atoms with Gasteiger partial charge in [-0.25, -0.2) is 0 Å². The summed E-state index contributed by atoms with van der Waals surface area (Å²) in [6.45, 7) is 3.69. The number of rotatable bonds is 6. The van der Waals surface area contributed by atoms with Gasteiger partial charge in [0.15, 0.2) is 0 Å². The van der Waals surface area contributed by atoms with Gasteiger partial charge < -0.3 is 5.11 Å². The van der Waals surface area contributed by atoms with Gasteiger partial charge in [-0.05, 0) is 31.5 Å². The first-order chi connectivity index (χ1) is 11.8. The van der Waals surface area contributed by atoms with E-state index in [2.05, 4.69) is 10.5 Å². The molecule has 0 saturated heterocycles. The number of aryl methyl sites for hydroxylation is 1. The lowest BCUT2D eigenvalue weighted by Crippen LogP contribution is -2.05. The molecule has 9 nitrogen and oxygen atoms in total. The van der Waals surface area contributed by atoms with E-state index in [1.54, 1.807) is 18.2 Å². The summed E-state index contributed by atoms with van der Waals surface area (Å²) in [4.78, 5) is 20.5. The molecule has 0 radical (unpaired) electrons. The maximum atomic E-state index is 11.1. The van der Waals surface area contributed by atoms with Crippen LogP contribution in [0.15, 0.2) is 41.5 Å². The molecule has 0 saturated carbocycles. The molecule has 2 aromatic carbocycles. The van der Waals surface area contributed by atoms with Crippen LogP contribution in [-0.4, -0.2) is 20.7 Å². The van der Waals surface area contributed by atoms with Gasteiger partial charge in [-0.3, -0.25) is 25.7 Å². The molecule has 0 aliphatic heterocycles. The highest BCUT2D eigenvalue weighted by molar-refractivity contribution is 6.03. The summed E-state index contributed by atoms with van der Waals surface area (Å²) in [6.07, 6.45) is 0.463. The standard InChI is InChI=1S/C16H16N4O5/c1-3-13(12-8-10(2)4-7-16(12)21)17-18-14-6-5-11(19(22)23)9-15(14)20(24)25/h4-9,18,21H,3H2,1-2H3/b17-13+. The third kappa shape index (κ3) is 4.08. The molecule has 0 heterocycles. The lowest BCUT2D eigenvalue weighted by Gasteiger charge is -2.09. The Hall–Kier alpha value is -3.49. The molecule has 0 aromatic heterocycles. The van der Waals surface area contributed by atoms with E-state index in [0.29, 0.717) is 17.7 Å². The molecule has 2 rings (SSSR count). The largest absolute Gasteiger partial charge is 0.507 e. The molecule has 0 unspecified atom stereocenters. The third-order valence-electron chi connectivity index (χ3n) is 3.50. The van der Waals surface area contributed by atoms with Gasteiger partial charge in [0.1, 0.15) is 11.4 Å². The summed E-state index contributed by atoms with van der Waals surface area (Å²) in [5.74, 6) is 0.0474. The first-order valence-corrected chi connectivity index (χ1v) is 7.39. The summed E-state index contributed by atoms with van der Waals surface area (Å²) in [5.41, 5.74) is 3.69. The van der Waals surface area contributed by atoms with Crippen molar-refractivity contribution in [3.8, 4) is 5.75 Å². The van der Waals surface area contributed by atoms with Crippen molar-refractivity contribution in [1.82, 2.24) is 0 Å². The second kappa shape index (κ2) is 7.39. The molecule has 0 bridgehead atoms. The zero-order chi connectivity index (χ0) is 18.6. The molecule has 25 heavy (non-hydrogen) atoms. The van der Waals surface area contributed by atoms with Crippen molar-refractivity contribution in [2.45, 2.75) is 20.3 Å². The highest BCUT2D eigenvalue weighted by Crippen LogP contribution is 2.29. The molecule has 2 N–H and O–H groups in total. The molecule has 9 heteroatoms. The average molecular weight is 344 g/mol. The summed E-state index contributed by atoms with van der Waals surface area (Å²) >= 11 is 0. The van der Waals surface area contributed by atoms with Crippen molar-refractivity contribution in [1.29, 1.82) is 0 Å². The Morgan fingerprint density at radius 2 is 1.88 bits per heavy atom. The van der Waals surface area contributed by atoms with Gasteiger partial charge in [0.05, 0.1) is 21.6 Å². The van der Waals surface area contributed by atoms with Crippen LogP contribution >= 0.6 is 0 Å². The lowest BCUT2D eigenvalue weighted by atomic mass is 10.0. The summed E-state index contributed by atoms with van der Waals surface area (Å²) in [6, 6.07) is 8.30. The molecule has 2 aromatic rings. The molecule has 0 aliphatic carbocycles. The smallest absolute Gasteiger partial charge is 0.301 e. The molecule has 0 atom stereocenters. The Morgan fingerprint density at radius 3 is 2.48 bits per heavy atom. The quantitative estimate of drug-likeness (QED) is 0.466. The number of nitro benzene ring substituents is 2. The van der Waals surface area contributed by atoms with Crippen molar-refractivity contribution in [3.63, 3.8) is 0 Å². The molecule has 0 fully saturated rings. The van der Waals surface area contributed by atoms with Gasteiger partial charge in [-0.15, -0.1) is 0 Å². The van der Waals surface area contributed by atoms with Gasteiger partial charge in [0.2, 0.25) is 0 Å². The van der Waals surface area contributed by atoms with E-state index >= 15 is 0 Å². The van der Waals surface area contributed by atoms with Crippen LogP contribution in [0.1, 0.15) is 24.5 Å². The van der Waals surface area contributed by atoms with Gasteiger partial charge >= 0.3 is 5.69 Å². The molecule has 0 amide bonds. The van der Waals surface area contributed by atoms with Crippen molar-refractivity contribution in [3.05, 3.63) is 67.8 Å². The van der Waals surface area contributed by atoms with Crippen LogP contribution < -0.4 is 5.43 Å². The number of benzene rings is 2. The van der Waals surface area contributed by atoms with Crippen LogP contribution in [0.2, 0.25) is 0 Å². The van der Waals surface area contributed by atoms with Crippen LogP contribution in [0.3, 0.4) is 0 Å². The number of phenols is 1. The zero-order valence-corrected chi connectivity index (χ0v) is 13.6. The number of non-ortho nitro benzene ring substituents is 1. The number of nitrogens with one attached hydrogen (secondary N) is 1. The topological polar surface area (TPSA) is 131 Å². The predicted octanol–water partition coefficient (Wildman–Crippen LogP) is 3.74. The number of hydrogen-bond acceptors (Lipinski definition) is 7. The monoisotopic (exact) mass is 344 g/mol. The van der Waals surface area contributed by atoms with Crippen LogP contribution in [0.5, 0.6) is 5.75 Å². The first kappa shape index (κ1) is 17.9. The molecule has 0 aliphatic rings. The van der Waals surface area contributed by atoms with Crippen molar-refractivity contribution < 1.29 is 15.0 Å². The van der Waals surface area contributed by atoms with Gasteiger partial charge in [-0.2, -0.15) is 5.10 Å². The fraction of sp³-hybridized carbons (Fsp3) is 0.188. The number of phenolic OH excluding ortho intramolecular Hbond substituents is 1. The minimum Gasteiger partial charge on any atom is -0.507 e. The Kier molecular flexibility index (Phi) is 5.28. The van der Waals surface area contributed by atoms with Crippen molar-refractivity contribution in [2.75, 3.05) is 5.43 Å².